The molecule has 3 aromatic rings. The van der Waals surface area contributed by atoms with E-state index in [1.165, 1.54) is 4.90 Å². The molecule has 0 spiro atoms. The van der Waals surface area contributed by atoms with Crippen molar-refractivity contribution >= 4 is 45.3 Å². The highest BCUT2D eigenvalue weighted by atomic mass is 79.9. The lowest BCUT2D eigenvalue weighted by Crippen LogP contribution is -2.44. The fourth-order valence-corrected chi connectivity index (χ4v) is 6.81. The number of amides is 2. The molecule has 0 N–H and O–H groups in total. The molecule has 2 saturated heterocycles. The number of carbonyl (C=O) groups excluding carboxylic acids is 3. The summed E-state index contributed by atoms with van der Waals surface area (Å²) < 4.78 is 17.3. The number of Topliss-reactive ketones (excluding diaryl/α,β-unsaturated/α-hetero) is 1. The minimum atomic E-state index is -0.861. The minimum absolute atomic E-state index is 0.231. The molecule has 2 fully saturated rings. The lowest BCUT2D eigenvalue weighted by molar-refractivity contribution is -0.123. The number of benzene rings is 3. The summed E-state index contributed by atoms with van der Waals surface area (Å²) in [6.07, 6.45) is 3.78. The second kappa shape index (κ2) is 8.98. The van der Waals surface area contributed by atoms with E-state index in [1.807, 2.05) is 41.4 Å². The molecule has 196 valence electrons. The summed E-state index contributed by atoms with van der Waals surface area (Å²) >= 11 is 3.47. The van der Waals surface area contributed by atoms with Gasteiger partial charge in [0, 0.05) is 17.8 Å². The Hall–Kier alpha value is -4.11. The van der Waals surface area contributed by atoms with Gasteiger partial charge in [-0.25, -0.2) is 4.90 Å². The largest absolute Gasteiger partial charge is 0.496 e. The first-order chi connectivity index (χ1) is 19.0. The smallest absolute Gasteiger partial charge is 0.240 e. The predicted molar refractivity (Wildman–Crippen MR) is 146 cm³/mol. The van der Waals surface area contributed by atoms with E-state index in [4.69, 9.17) is 14.2 Å². The van der Waals surface area contributed by atoms with Gasteiger partial charge in [-0.2, -0.15) is 0 Å². The summed E-state index contributed by atoms with van der Waals surface area (Å²) in [4.78, 5) is 45.5. The predicted octanol–water partition coefficient (Wildman–Crippen LogP) is 4.63. The summed E-state index contributed by atoms with van der Waals surface area (Å²) in [6, 6.07) is 16.7. The summed E-state index contributed by atoms with van der Waals surface area (Å²) in [5.41, 5.74) is 2.73. The number of halogens is 1. The molecule has 0 bridgehead atoms. The highest BCUT2D eigenvalue weighted by Gasteiger charge is 2.64. The fourth-order valence-electron chi connectivity index (χ4n) is 6.27. The van der Waals surface area contributed by atoms with Crippen LogP contribution in [0, 0.1) is 11.8 Å². The van der Waals surface area contributed by atoms with E-state index < -0.39 is 29.8 Å². The zero-order chi connectivity index (χ0) is 26.8. The van der Waals surface area contributed by atoms with Crippen LogP contribution in [0.15, 0.2) is 71.3 Å². The topological polar surface area (TPSA) is 85.4 Å². The first-order valence-electron chi connectivity index (χ1n) is 12.7. The van der Waals surface area contributed by atoms with Crippen molar-refractivity contribution in [1.82, 2.24) is 4.90 Å². The van der Waals surface area contributed by atoms with Gasteiger partial charge in [-0.1, -0.05) is 24.3 Å². The Morgan fingerprint density at radius 1 is 0.949 bits per heavy atom. The van der Waals surface area contributed by atoms with Crippen molar-refractivity contribution < 1.29 is 28.6 Å². The summed E-state index contributed by atoms with van der Waals surface area (Å²) in [6.45, 7) is 0.825. The Bertz CT molecular complexity index is 1590. The first-order valence-corrected chi connectivity index (χ1v) is 13.5. The number of hydrogen-bond acceptors (Lipinski definition) is 7. The maximum Gasteiger partial charge on any atom is 0.240 e. The molecule has 8 nitrogen and oxygen atoms in total. The van der Waals surface area contributed by atoms with Gasteiger partial charge in [0.1, 0.15) is 25.0 Å². The number of rotatable bonds is 4. The monoisotopic (exact) mass is 586 g/mol. The molecule has 0 aliphatic carbocycles. The molecule has 0 saturated carbocycles. The molecular formula is C30H23BrN2O6. The zero-order valence-corrected chi connectivity index (χ0v) is 22.5. The Labute approximate surface area is 232 Å². The molecule has 0 aromatic heterocycles. The minimum Gasteiger partial charge on any atom is -0.496 e. The fraction of sp³-hybridized carbons (Fsp3) is 0.233. The van der Waals surface area contributed by atoms with Crippen LogP contribution in [-0.2, 0) is 9.59 Å². The average Bonchev–Trinajstić information content (AvgIpc) is 3.44. The zero-order valence-electron chi connectivity index (χ0n) is 20.9. The first kappa shape index (κ1) is 24.0. The molecule has 2 amide bonds. The second-order valence-corrected chi connectivity index (χ2v) is 10.7. The van der Waals surface area contributed by atoms with E-state index in [1.54, 1.807) is 43.5 Å². The molecule has 4 heterocycles. The van der Waals surface area contributed by atoms with Crippen LogP contribution in [0.25, 0.3) is 6.08 Å². The van der Waals surface area contributed by atoms with Crippen molar-refractivity contribution in [3.05, 3.63) is 88.0 Å². The lowest BCUT2D eigenvalue weighted by atomic mass is 9.83. The van der Waals surface area contributed by atoms with Crippen molar-refractivity contribution in [2.45, 2.75) is 12.1 Å². The highest BCUT2D eigenvalue weighted by Crippen LogP contribution is 2.54. The quantitative estimate of drug-likeness (QED) is 0.325. The molecule has 7 rings (SSSR count). The molecule has 9 heteroatoms. The third kappa shape index (κ3) is 3.52. The molecular weight excluding hydrogens is 564 g/mol. The Kier molecular flexibility index (Phi) is 5.52. The summed E-state index contributed by atoms with van der Waals surface area (Å²) in [5, 5.41) is 0. The second-order valence-electron chi connectivity index (χ2n) is 9.89. The van der Waals surface area contributed by atoms with Gasteiger partial charge in [0.2, 0.25) is 11.8 Å². The molecule has 39 heavy (non-hydrogen) atoms. The van der Waals surface area contributed by atoms with Crippen LogP contribution in [0.1, 0.15) is 27.5 Å². The Morgan fingerprint density at radius 3 is 2.51 bits per heavy atom. The van der Waals surface area contributed by atoms with Gasteiger partial charge >= 0.3 is 0 Å². The van der Waals surface area contributed by atoms with Crippen molar-refractivity contribution in [2.75, 3.05) is 25.2 Å². The maximum atomic E-state index is 14.1. The van der Waals surface area contributed by atoms with Gasteiger partial charge < -0.3 is 19.1 Å². The summed E-state index contributed by atoms with van der Waals surface area (Å²) in [5.74, 6) is -0.893. The number of imide groups is 1. The number of fused-ring (bicyclic) bond motifs is 6. The molecule has 4 aliphatic rings. The van der Waals surface area contributed by atoms with E-state index >= 15 is 0 Å². The number of nitrogens with zero attached hydrogens (tertiary/aromatic N) is 2. The summed E-state index contributed by atoms with van der Waals surface area (Å²) in [7, 11) is 1.55. The van der Waals surface area contributed by atoms with Gasteiger partial charge in [0.05, 0.1) is 35.1 Å². The highest BCUT2D eigenvalue weighted by molar-refractivity contribution is 9.10. The van der Waals surface area contributed by atoms with Crippen LogP contribution in [-0.4, -0.2) is 48.9 Å². The lowest BCUT2D eigenvalue weighted by Gasteiger charge is -2.35. The van der Waals surface area contributed by atoms with E-state index in [0.29, 0.717) is 46.2 Å². The number of hydrogen-bond donors (Lipinski definition) is 0. The number of carbonyl (C=O) groups is 3. The maximum absolute atomic E-state index is 14.1. The van der Waals surface area contributed by atoms with Gasteiger partial charge in [0.25, 0.3) is 0 Å². The van der Waals surface area contributed by atoms with Crippen molar-refractivity contribution in [1.29, 1.82) is 0 Å². The third-order valence-corrected chi connectivity index (χ3v) is 8.57. The molecule has 3 aromatic carbocycles. The van der Waals surface area contributed by atoms with Crippen LogP contribution in [0.3, 0.4) is 0 Å². The number of anilines is 1. The molecule has 0 radical (unpaired) electrons. The standard InChI is InChI=1S/C30H23BrN2O6/c1-37-21-8-6-17(14-20(21)31)28(34)27-25-24(26-19-5-3-2-4-16(19)10-11-32(26)27)29(35)33(30(25)36)18-7-9-22-23(15-18)39-13-12-38-22/h2-11,14-15,24-27H,12-13H2,1H3. The number of methoxy groups -OCH3 is 1. The normalized spacial score (nSPS) is 24.4. The molecule has 4 atom stereocenters. The Balaban J connectivity index is 1.34. The van der Waals surface area contributed by atoms with Crippen molar-refractivity contribution in [3.63, 3.8) is 0 Å². The molecule has 4 aliphatic heterocycles. The van der Waals surface area contributed by atoms with E-state index in [-0.39, 0.29) is 11.7 Å². The number of ketones is 1. The van der Waals surface area contributed by atoms with Gasteiger partial charge in [0.15, 0.2) is 17.3 Å². The Morgan fingerprint density at radius 2 is 1.72 bits per heavy atom. The van der Waals surface area contributed by atoms with Gasteiger partial charge in [-0.05, 0) is 63.5 Å². The van der Waals surface area contributed by atoms with E-state index in [0.717, 1.165) is 11.1 Å². The van der Waals surface area contributed by atoms with E-state index in [2.05, 4.69) is 15.9 Å². The van der Waals surface area contributed by atoms with Crippen molar-refractivity contribution in [3.8, 4) is 17.2 Å². The van der Waals surface area contributed by atoms with Crippen LogP contribution >= 0.6 is 15.9 Å². The number of ether oxygens (including phenoxy) is 3. The van der Waals surface area contributed by atoms with Crippen LogP contribution in [0.2, 0.25) is 0 Å². The molecule has 4 unspecified atom stereocenters. The van der Waals surface area contributed by atoms with Crippen LogP contribution in [0.4, 0.5) is 5.69 Å². The average molecular weight is 587 g/mol. The van der Waals surface area contributed by atoms with Gasteiger partial charge in [-0.3, -0.25) is 14.4 Å². The van der Waals surface area contributed by atoms with Gasteiger partial charge in [-0.15, -0.1) is 0 Å². The van der Waals surface area contributed by atoms with Crippen molar-refractivity contribution in [2.24, 2.45) is 11.8 Å². The van der Waals surface area contributed by atoms with E-state index in [9.17, 15) is 14.4 Å². The SMILES string of the molecule is COc1ccc(C(=O)C2C3C(=O)N(c4ccc5c(c4)OCCO5)C(=O)C3C3c4ccccc4C=CN23)cc1Br. The van der Waals surface area contributed by atoms with Crippen LogP contribution in [0.5, 0.6) is 17.2 Å². The third-order valence-electron chi connectivity index (χ3n) is 7.95. The van der Waals surface area contributed by atoms with Crippen LogP contribution < -0.4 is 19.1 Å².